The van der Waals surface area contributed by atoms with Gasteiger partial charge >= 0.3 is 0 Å². The quantitative estimate of drug-likeness (QED) is 0.819. The number of rotatable bonds is 3. The predicted molar refractivity (Wildman–Crippen MR) is 59.9 cm³/mol. The summed E-state index contributed by atoms with van der Waals surface area (Å²) in [5.74, 6) is -3.13. The topological polar surface area (TPSA) is 26.0 Å². The first kappa shape index (κ1) is 15.3. The normalized spacial score (nSPS) is 14.1. The zero-order valence-electron chi connectivity index (χ0n) is 9.14. The molecule has 0 bridgehead atoms. The van der Waals surface area contributed by atoms with Crippen LogP contribution in [-0.2, 0) is 0 Å². The van der Waals surface area contributed by atoms with Crippen LogP contribution in [0.25, 0.3) is 0 Å². The van der Waals surface area contributed by atoms with Crippen molar-refractivity contribution in [2.45, 2.75) is 26.3 Å². The lowest BCUT2D eigenvalue weighted by atomic mass is 9.92. The van der Waals surface area contributed by atoms with E-state index in [9.17, 15) is 13.2 Å². The van der Waals surface area contributed by atoms with Gasteiger partial charge in [0.05, 0.1) is 0 Å². The molecule has 0 fully saturated rings. The molecule has 0 aliphatic rings. The van der Waals surface area contributed by atoms with Gasteiger partial charge in [-0.1, -0.05) is 20.3 Å². The molecule has 5 heteroatoms. The average Bonchev–Trinajstić information content (AvgIpc) is 2.22. The second-order valence-electron chi connectivity index (χ2n) is 3.67. The first-order valence-electron chi connectivity index (χ1n) is 4.88. The van der Waals surface area contributed by atoms with E-state index in [1.165, 1.54) is 0 Å². The van der Waals surface area contributed by atoms with Crippen molar-refractivity contribution in [1.29, 1.82) is 0 Å². The van der Waals surface area contributed by atoms with Gasteiger partial charge in [-0.05, 0) is 18.1 Å². The SMILES string of the molecule is CCC(C)[C@H](N)c1c(F)ccc(F)c1F.Cl. The molecule has 1 nitrogen and oxygen atoms in total. The molecular formula is C11H15ClF3N. The highest BCUT2D eigenvalue weighted by Crippen LogP contribution is 2.27. The van der Waals surface area contributed by atoms with Crippen molar-refractivity contribution in [2.24, 2.45) is 11.7 Å². The van der Waals surface area contributed by atoms with Crippen molar-refractivity contribution in [3.8, 4) is 0 Å². The van der Waals surface area contributed by atoms with Gasteiger partial charge in [-0.2, -0.15) is 0 Å². The van der Waals surface area contributed by atoms with E-state index in [1.54, 1.807) is 6.92 Å². The number of hydrogen-bond donors (Lipinski definition) is 1. The van der Waals surface area contributed by atoms with Crippen LogP contribution in [0.5, 0.6) is 0 Å². The molecule has 92 valence electrons. The van der Waals surface area contributed by atoms with Crippen LogP contribution in [-0.4, -0.2) is 0 Å². The van der Waals surface area contributed by atoms with Crippen LogP contribution in [0.4, 0.5) is 13.2 Å². The standard InChI is InChI=1S/C11H14F3N.ClH/c1-3-6(2)11(15)9-7(12)4-5-8(13)10(9)14;/h4-6,11H,3,15H2,1-2H3;1H/t6?,11-;/m0./s1. The Balaban J connectivity index is 0.00000225. The van der Waals surface area contributed by atoms with Crippen LogP contribution in [0.15, 0.2) is 12.1 Å². The van der Waals surface area contributed by atoms with Gasteiger partial charge in [0.15, 0.2) is 11.6 Å². The smallest absolute Gasteiger partial charge is 0.166 e. The molecule has 1 aromatic carbocycles. The highest BCUT2D eigenvalue weighted by atomic mass is 35.5. The monoisotopic (exact) mass is 253 g/mol. The largest absolute Gasteiger partial charge is 0.324 e. The number of benzene rings is 1. The minimum absolute atomic E-state index is 0. The highest BCUT2D eigenvalue weighted by Gasteiger charge is 2.23. The van der Waals surface area contributed by atoms with E-state index in [4.69, 9.17) is 5.73 Å². The van der Waals surface area contributed by atoms with Gasteiger partial charge in [-0.25, -0.2) is 13.2 Å². The first-order valence-corrected chi connectivity index (χ1v) is 4.88. The van der Waals surface area contributed by atoms with Crippen molar-refractivity contribution >= 4 is 12.4 Å². The third-order valence-corrected chi connectivity index (χ3v) is 2.67. The molecule has 16 heavy (non-hydrogen) atoms. The summed E-state index contributed by atoms with van der Waals surface area (Å²) in [7, 11) is 0. The van der Waals surface area contributed by atoms with Crippen molar-refractivity contribution in [1.82, 2.24) is 0 Å². The molecule has 0 radical (unpaired) electrons. The summed E-state index contributed by atoms with van der Waals surface area (Å²) in [5.41, 5.74) is 5.32. The lowest BCUT2D eigenvalue weighted by Gasteiger charge is -2.19. The zero-order chi connectivity index (χ0) is 11.6. The molecule has 2 N–H and O–H groups in total. The van der Waals surface area contributed by atoms with E-state index >= 15 is 0 Å². The van der Waals surface area contributed by atoms with Gasteiger partial charge in [-0.15, -0.1) is 12.4 Å². The van der Waals surface area contributed by atoms with Crippen LogP contribution < -0.4 is 5.73 Å². The summed E-state index contributed by atoms with van der Waals surface area (Å²) in [6, 6.07) is 0.846. The first-order chi connectivity index (χ1) is 6.99. The van der Waals surface area contributed by atoms with Gasteiger partial charge in [0.1, 0.15) is 5.82 Å². The fourth-order valence-corrected chi connectivity index (χ4v) is 1.39. The van der Waals surface area contributed by atoms with E-state index < -0.39 is 23.5 Å². The van der Waals surface area contributed by atoms with Crippen molar-refractivity contribution in [3.05, 3.63) is 35.1 Å². The Morgan fingerprint density at radius 3 is 2.19 bits per heavy atom. The summed E-state index contributed by atoms with van der Waals surface area (Å²) < 4.78 is 39.5. The van der Waals surface area contributed by atoms with Crippen LogP contribution in [0.1, 0.15) is 31.9 Å². The lowest BCUT2D eigenvalue weighted by molar-refractivity contribution is 0.403. The fraction of sp³-hybridized carbons (Fsp3) is 0.455. The van der Waals surface area contributed by atoms with E-state index in [0.717, 1.165) is 12.1 Å². The van der Waals surface area contributed by atoms with E-state index in [-0.39, 0.29) is 23.9 Å². The molecule has 1 unspecified atom stereocenters. The molecule has 2 atom stereocenters. The Labute approximate surface area is 99.2 Å². The number of halogens is 4. The van der Waals surface area contributed by atoms with Gasteiger partial charge in [0.2, 0.25) is 0 Å². The van der Waals surface area contributed by atoms with Gasteiger partial charge in [0.25, 0.3) is 0 Å². The maximum atomic E-state index is 13.3. The van der Waals surface area contributed by atoms with E-state index in [1.807, 2.05) is 6.92 Å². The molecule has 0 aromatic heterocycles. The Hall–Kier alpha value is -0.740. The molecule has 0 amide bonds. The molecular weight excluding hydrogens is 239 g/mol. The molecule has 0 saturated heterocycles. The van der Waals surface area contributed by atoms with E-state index in [2.05, 4.69) is 0 Å². The van der Waals surface area contributed by atoms with Gasteiger partial charge in [-0.3, -0.25) is 0 Å². The molecule has 0 heterocycles. The summed E-state index contributed by atoms with van der Waals surface area (Å²) in [6.07, 6.45) is 0.677. The van der Waals surface area contributed by atoms with Gasteiger partial charge < -0.3 is 5.73 Å². The average molecular weight is 254 g/mol. The summed E-state index contributed by atoms with van der Waals surface area (Å²) >= 11 is 0. The Morgan fingerprint density at radius 2 is 1.69 bits per heavy atom. The Kier molecular flexibility index (Phi) is 5.83. The fourth-order valence-electron chi connectivity index (χ4n) is 1.39. The Bertz CT molecular complexity index is 357. The molecule has 0 spiro atoms. The van der Waals surface area contributed by atoms with Crippen LogP contribution in [0.2, 0.25) is 0 Å². The van der Waals surface area contributed by atoms with Crippen LogP contribution in [0, 0.1) is 23.4 Å². The number of nitrogens with two attached hydrogens (primary N) is 1. The summed E-state index contributed by atoms with van der Waals surface area (Å²) in [4.78, 5) is 0. The van der Waals surface area contributed by atoms with Crippen LogP contribution in [0.3, 0.4) is 0 Å². The maximum Gasteiger partial charge on any atom is 0.166 e. The predicted octanol–water partition coefficient (Wildman–Crippen LogP) is 3.57. The van der Waals surface area contributed by atoms with Gasteiger partial charge in [0, 0.05) is 11.6 Å². The molecule has 1 rings (SSSR count). The van der Waals surface area contributed by atoms with Crippen LogP contribution >= 0.6 is 12.4 Å². The molecule has 0 saturated carbocycles. The lowest BCUT2D eigenvalue weighted by Crippen LogP contribution is -2.21. The molecule has 0 aliphatic carbocycles. The summed E-state index contributed by atoms with van der Waals surface area (Å²) in [6.45, 7) is 3.63. The second-order valence-corrected chi connectivity index (χ2v) is 3.67. The Morgan fingerprint density at radius 1 is 1.19 bits per heavy atom. The highest BCUT2D eigenvalue weighted by molar-refractivity contribution is 5.85. The molecule has 1 aromatic rings. The van der Waals surface area contributed by atoms with Crippen molar-refractivity contribution in [3.63, 3.8) is 0 Å². The minimum atomic E-state index is -1.18. The van der Waals surface area contributed by atoms with Crippen molar-refractivity contribution in [2.75, 3.05) is 0 Å². The van der Waals surface area contributed by atoms with Crippen molar-refractivity contribution < 1.29 is 13.2 Å². The van der Waals surface area contributed by atoms with E-state index in [0.29, 0.717) is 6.42 Å². The minimum Gasteiger partial charge on any atom is -0.324 e. The summed E-state index contributed by atoms with van der Waals surface area (Å²) in [5, 5.41) is 0. The maximum absolute atomic E-state index is 13.3. The molecule has 0 aliphatic heterocycles. The number of hydrogen-bond acceptors (Lipinski definition) is 1. The zero-order valence-corrected chi connectivity index (χ0v) is 9.95. The third kappa shape index (κ3) is 2.89. The second kappa shape index (κ2) is 6.11. The third-order valence-electron chi connectivity index (χ3n) is 2.67.